The Balaban J connectivity index is 1.75. The first-order valence-corrected chi connectivity index (χ1v) is 10.3. The van der Waals surface area contributed by atoms with Gasteiger partial charge in [-0.1, -0.05) is 6.07 Å². The van der Waals surface area contributed by atoms with Gasteiger partial charge in [-0.25, -0.2) is 4.39 Å². The average Bonchev–Trinajstić information content (AvgIpc) is 3.41. The van der Waals surface area contributed by atoms with Gasteiger partial charge in [-0.15, -0.1) is 0 Å². The van der Waals surface area contributed by atoms with Crippen molar-refractivity contribution in [1.29, 1.82) is 0 Å². The number of Topliss-reactive ketones (excluding diaryl/α,β-unsaturated/α-hetero) is 1. The molecule has 1 heterocycles. The Labute approximate surface area is 185 Å². The molecular weight excluding hydrogens is 409 g/mol. The van der Waals surface area contributed by atoms with Crippen molar-refractivity contribution < 1.29 is 23.8 Å². The van der Waals surface area contributed by atoms with E-state index in [1.165, 1.54) is 26.4 Å². The fourth-order valence-corrected chi connectivity index (χ4v) is 4.12. The number of phenols is 1. The third kappa shape index (κ3) is 3.91. The van der Waals surface area contributed by atoms with E-state index < -0.39 is 0 Å². The van der Waals surface area contributed by atoms with Gasteiger partial charge < -0.3 is 19.6 Å². The van der Waals surface area contributed by atoms with E-state index >= 15 is 0 Å². The van der Waals surface area contributed by atoms with Gasteiger partial charge >= 0.3 is 0 Å². The monoisotopic (exact) mass is 433 g/mol. The second kappa shape index (κ2) is 8.75. The van der Waals surface area contributed by atoms with Gasteiger partial charge in [0.05, 0.1) is 14.2 Å². The summed E-state index contributed by atoms with van der Waals surface area (Å²) in [6.45, 7) is 1.98. The number of ketones is 1. The Morgan fingerprint density at radius 2 is 1.81 bits per heavy atom. The summed E-state index contributed by atoms with van der Waals surface area (Å²) >= 11 is 0. The number of aromatic amines is 1. The summed E-state index contributed by atoms with van der Waals surface area (Å²) in [5, 5.41) is 10.2. The van der Waals surface area contributed by atoms with Gasteiger partial charge in [0.2, 0.25) is 5.75 Å². The van der Waals surface area contributed by atoms with Crippen molar-refractivity contribution in [3.8, 4) is 17.2 Å². The highest BCUT2D eigenvalue weighted by Crippen LogP contribution is 2.45. The molecule has 2 N–H and O–H groups in total. The molecule has 0 spiro atoms. The number of allylic oxidation sites excluding steroid dienone is 3. The van der Waals surface area contributed by atoms with Crippen molar-refractivity contribution in [2.24, 2.45) is 0 Å². The van der Waals surface area contributed by atoms with E-state index in [2.05, 4.69) is 4.98 Å². The van der Waals surface area contributed by atoms with Crippen molar-refractivity contribution >= 4 is 23.0 Å². The molecule has 0 saturated heterocycles. The fourth-order valence-electron chi connectivity index (χ4n) is 4.12. The fraction of sp³-hybridized carbons (Fsp3) is 0.192. The van der Waals surface area contributed by atoms with Gasteiger partial charge in [0.15, 0.2) is 17.3 Å². The lowest BCUT2D eigenvalue weighted by atomic mass is 9.98. The van der Waals surface area contributed by atoms with Crippen LogP contribution in [0.15, 0.2) is 54.4 Å². The zero-order valence-corrected chi connectivity index (χ0v) is 18.2. The van der Waals surface area contributed by atoms with E-state index in [0.717, 1.165) is 33.4 Å². The van der Waals surface area contributed by atoms with Crippen molar-refractivity contribution in [1.82, 2.24) is 4.98 Å². The highest BCUT2D eigenvalue weighted by atomic mass is 19.1. The number of phenolic OH excluding ortho intramolecular Hbond substituents is 1. The summed E-state index contributed by atoms with van der Waals surface area (Å²) in [5.74, 6) is 0.248. The predicted octanol–water partition coefficient (Wildman–Crippen LogP) is 5.87. The molecular formula is C26H24FNO4. The van der Waals surface area contributed by atoms with Crippen molar-refractivity contribution in [2.45, 2.75) is 19.8 Å². The molecule has 0 aliphatic heterocycles. The third-order valence-electron chi connectivity index (χ3n) is 5.79. The van der Waals surface area contributed by atoms with Gasteiger partial charge in [-0.05, 0) is 83.2 Å². The molecule has 0 unspecified atom stereocenters. The van der Waals surface area contributed by atoms with E-state index in [4.69, 9.17) is 9.47 Å². The molecule has 1 aliphatic carbocycles. The summed E-state index contributed by atoms with van der Waals surface area (Å²) in [6.07, 6.45) is 6.19. The molecule has 1 aliphatic rings. The maximum Gasteiger partial charge on any atom is 0.200 e. The molecule has 0 fully saturated rings. The van der Waals surface area contributed by atoms with Gasteiger partial charge in [0.25, 0.3) is 0 Å². The lowest BCUT2D eigenvalue weighted by Crippen LogP contribution is -1.98. The highest BCUT2D eigenvalue weighted by Gasteiger charge is 2.25. The van der Waals surface area contributed by atoms with Gasteiger partial charge in [0.1, 0.15) is 5.82 Å². The number of rotatable bonds is 7. The maximum absolute atomic E-state index is 14.1. The Bertz CT molecular complexity index is 1210. The molecule has 6 heteroatoms. The maximum atomic E-state index is 14.1. The number of carbonyl (C=O) groups excluding carboxylic acids is 1. The summed E-state index contributed by atoms with van der Waals surface area (Å²) in [4.78, 5) is 15.4. The van der Waals surface area contributed by atoms with E-state index in [0.29, 0.717) is 29.9 Å². The lowest BCUT2D eigenvalue weighted by Gasteiger charge is -2.11. The largest absolute Gasteiger partial charge is 0.502 e. The van der Waals surface area contributed by atoms with Gasteiger partial charge in [-0.2, -0.15) is 0 Å². The molecule has 5 nitrogen and oxygen atoms in total. The van der Waals surface area contributed by atoms with Crippen LogP contribution in [-0.4, -0.2) is 30.1 Å². The SMILES string of the molecule is COc1cc(C=C2C(C)=C(CCC(=O)c3cc[nH]c3)c3cc(F)ccc32)cc(OC)c1O. The Morgan fingerprint density at radius 1 is 1.09 bits per heavy atom. The van der Waals surface area contributed by atoms with Crippen LogP contribution in [-0.2, 0) is 0 Å². The number of hydrogen-bond acceptors (Lipinski definition) is 4. The standard InChI is InChI=1S/C26H24FNO4/c1-15-19(6-7-23(29)17-8-9-28-14-17)22-13-18(27)4-5-20(22)21(15)10-16-11-24(31-2)26(30)25(12-16)32-3/h4-5,8-14,28,30H,6-7H2,1-3H3. The number of hydrogen-bond donors (Lipinski definition) is 2. The van der Waals surface area contributed by atoms with Crippen LogP contribution >= 0.6 is 0 Å². The van der Waals surface area contributed by atoms with Crippen molar-refractivity contribution in [2.75, 3.05) is 14.2 Å². The number of H-pyrrole nitrogens is 1. The van der Waals surface area contributed by atoms with Crippen molar-refractivity contribution in [3.63, 3.8) is 0 Å². The van der Waals surface area contributed by atoms with Crippen LogP contribution in [0.5, 0.6) is 17.2 Å². The number of benzene rings is 2. The van der Waals surface area contributed by atoms with Crippen LogP contribution in [0.1, 0.15) is 46.8 Å². The van der Waals surface area contributed by atoms with E-state index in [1.807, 2.05) is 13.0 Å². The predicted molar refractivity (Wildman–Crippen MR) is 122 cm³/mol. The molecule has 164 valence electrons. The summed E-state index contributed by atoms with van der Waals surface area (Å²) < 4.78 is 24.6. The van der Waals surface area contributed by atoms with Gasteiger partial charge in [-0.3, -0.25) is 4.79 Å². The first-order chi connectivity index (χ1) is 15.4. The first-order valence-electron chi connectivity index (χ1n) is 10.3. The summed E-state index contributed by atoms with van der Waals surface area (Å²) in [5.41, 5.74) is 5.97. The molecule has 0 radical (unpaired) electrons. The molecule has 1 aromatic heterocycles. The number of fused-ring (bicyclic) bond motifs is 1. The second-order valence-corrected chi connectivity index (χ2v) is 7.65. The number of aromatic hydroxyl groups is 1. The molecule has 4 rings (SSSR count). The van der Waals surface area contributed by atoms with Crippen molar-refractivity contribution in [3.05, 3.63) is 82.4 Å². The van der Waals surface area contributed by atoms with Gasteiger partial charge in [0, 0.05) is 24.4 Å². The van der Waals surface area contributed by atoms with Crippen LogP contribution < -0.4 is 9.47 Å². The molecule has 0 amide bonds. The average molecular weight is 433 g/mol. The molecule has 2 aromatic carbocycles. The smallest absolute Gasteiger partial charge is 0.200 e. The summed E-state index contributed by atoms with van der Waals surface area (Å²) in [7, 11) is 2.95. The quantitative estimate of drug-likeness (QED) is 0.457. The number of carbonyl (C=O) groups is 1. The highest BCUT2D eigenvalue weighted by molar-refractivity contribution is 6.06. The molecule has 0 saturated carbocycles. The second-order valence-electron chi connectivity index (χ2n) is 7.65. The zero-order chi connectivity index (χ0) is 22.8. The van der Waals surface area contributed by atoms with Crippen LogP contribution in [0, 0.1) is 5.82 Å². The topological polar surface area (TPSA) is 71.6 Å². The van der Waals surface area contributed by atoms with Crippen LogP contribution in [0.3, 0.4) is 0 Å². The Morgan fingerprint density at radius 3 is 2.44 bits per heavy atom. The molecule has 0 atom stereocenters. The normalized spacial score (nSPS) is 14.1. The van der Waals surface area contributed by atoms with E-state index in [-0.39, 0.29) is 17.3 Å². The minimum atomic E-state index is -0.319. The van der Waals surface area contributed by atoms with E-state index in [1.54, 1.807) is 36.7 Å². The zero-order valence-electron chi connectivity index (χ0n) is 18.2. The number of ether oxygens (including phenoxy) is 2. The molecule has 32 heavy (non-hydrogen) atoms. The van der Waals surface area contributed by atoms with Crippen LogP contribution in [0.25, 0.3) is 17.2 Å². The van der Waals surface area contributed by atoms with Crippen LogP contribution in [0.2, 0.25) is 0 Å². The Hall–Kier alpha value is -3.80. The molecule has 0 bridgehead atoms. The number of halogens is 1. The van der Waals surface area contributed by atoms with Crippen LogP contribution in [0.4, 0.5) is 4.39 Å². The minimum Gasteiger partial charge on any atom is -0.502 e. The third-order valence-corrected chi connectivity index (χ3v) is 5.79. The van der Waals surface area contributed by atoms with E-state index in [9.17, 15) is 14.3 Å². The molecule has 3 aromatic rings. The summed E-state index contributed by atoms with van der Waals surface area (Å²) in [6, 6.07) is 9.90. The minimum absolute atomic E-state index is 0.0370. The number of methoxy groups -OCH3 is 2. The lowest BCUT2D eigenvalue weighted by molar-refractivity contribution is 0.0984. The Kier molecular flexibility index (Phi) is 5.86. The number of nitrogens with one attached hydrogen (secondary N) is 1. The first kappa shape index (κ1) is 21.4. The number of aromatic nitrogens is 1.